The highest BCUT2D eigenvalue weighted by molar-refractivity contribution is 7.84. The monoisotopic (exact) mass is 385 g/mol. The van der Waals surface area contributed by atoms with Crippen molar-refractivity contribution in [1.82, 2.24) is 4.72 Å². The molecule has 0 spiro atoms. The van der Waals surface area contributed by atoms with E-state index < -0.39 is 15.7 Å². The summed E-state index contributed by atoms with van der Waals surface area (Å²) in [7, 11) is 0.119. The van der Waals surface area contributed by atoms with E-state index in [2.05, 4.69) is 11.3 Å². The van der Waals surface area contributed by atoms with Gasteiger partial charge in [-0.1, -0.05) is 49.0 Å². The first-order chi connectivity index (χ1) is 12.7. The minimum atomic E-state index is -1.24. The van der Waals surface area contributed by atoms with Crippen LogP contribution in [-0.2, 0) is 15.7 Å². The van der Waals surface area contributed by atoms with Gasteiger partial charge in [-0.2, -0.15) is 0 Å². The molecule has 2 atom stereocenters. The first-order valence-corrected chi connectivity index (χ1v) is 9.97. The number of hydrogen-bond donors (Lipinski definition) is 1. The molecule has 0 heterocycles. The Morgan fingerprint density at radius 1 is 1.07 bits per heavy atom. The minimum Gasteiger partial charge on any atom is -0.465 e. The number of methoxy groups -OCH3 is 1. The van der Waals surface area contributed by atoms with Crippen LogP contribution in [0.3, 0.4) is 0 Å². The molecule has 0 amide bonds. The van der Waals surface area contributed by atoms with Crippen LogP contribution in [0.1, 0.15) is 54.7 Å². The number of rotatable bonds is 7. The second kappa shape index (κ2) is 9.11. The Bertz CT molecular complexity index is 808. The number of ether oxygens (including phenoxy) is 1. The van der Waals surface area contributed by atoms with E-state index in [1.165, 1.54) is 7.11 Å². The van der Waals surface area contributed by atoms with E-state index in [1.807, 2.05) is 63.2 Å². The Morgan fingerprint density at radius 2 is 1.67 bits per heavy atom. The van der Waals surface area contributed by atoms with Crippen LogP contribution in [0.2, 0.25) is 0 Å². The van der Waals surface area contributed by atoms with Crippen LogP contribution >= 0.6 is 0 Å². The molecule has 0 saturated carbocycles. The highest BCUT2D eigenvalue weighted by Gasteiger charge is 2.24. The zero-order chi connectivity index (χ0) is 20.0. The maximum atomic E-state index is 12.7. The summed E-state index contributed by atoms with van der Waals surface area (Å²) in [4.78, 5) is 11.7. The van der Waals surface area contributed by atoms with Gasteiger partial charge in [-0.3, -0.25) is 0 Å². The minimum absolute atomic E-state index is 0.190. The first kappa shape index (κ1) is 21.1. The SMILES string of the molecule is C=C(C[C@H](NS(=O)C(C)(C)C)c1ccc(C(=O)OC)cc1)c1ccccc1. The number of nitrogens with one attached hydrogen (secondary N) is 1. The summed E-state index contributed by atoms with van der Waals surface area (Å²) in [5.41, 5.74) is 3.43. The quantitative estimate of drug-likeness (QED) is 0.705. The summed E-state index contributed by atoms with van der Waals surface area (Å²) in [6, 6.07) is 16.9. The Labute approximate surface area is 164 Å². The smallest absolute Gasteiger partial charge is 0.337 e. The second-order valence-electron chi connectivity index (χ2n) is 7.34. The summed E-state index contributed by atoms with van der Waals surface area (Å²) in [5.74, 6) is -0.377. The van der Waals surface area contributed by atoms with Crippen molar-refractivity contribution in [2.45, 2.75) is 38.0 Å². The lowest BCUT2D eigenvalue weighted by molar-refractivity contribution is 0.0600. The van der Waals surface area contributed by atoms with Gasteiger partial charge >= 0.3 is 5.97 Å². The molecule has 0 saturated heterocycles. The first-order valence-electron chi connectivity index (χ1n) is 8.82. The molecule has 2 aromatic rings. The van der Waals surface area contributed by atoms with Gasteiger partial charge in [0.05, 0.1) is 28.4 Å². The summed E-state index contributed by atoms with van der Waals surface area (Å²) >= 11 is 0. The standard InChI is InChI=1S/C22H27NO3S/c1-16(17-9-7-6-8-10-17)15-20(23-27(25)22(2,3)4)18-11-13-19(14-12-18)21(24)26-5/h6-14,20,23H,1,15H2,2-5H3/t20-,27?/m0/s1. The third-order valence-electron chi connectivity index (χ3n) is 4.17. The normalized spacial score (nSPS) is 13.6. The lowest BCUT2D eigenvalue weighted by atomic mass is 9.95. The second-order valence-corrected chi connectivity index (χ2v) is 9.34. The summed E-state index contributed by atoms with van der Waals surface area (Å²) < 4.78 is 20.3. The Kier molecular flexibility index (Phi) is 7.11. The number of carbonyl (C=O) groups is 1. The predicted octanol–water partition coefficient (Wildman–Crippen LogP) is 4.67. The molecular formula is C22H27NO3S. The average molecular weight is 386 g/mol. The number of esters is 1. The molecule has 0 radical (unpaired) electrons. The molecule has 0 bridgehead atoms. The van der Waals surface area contributed by atoms with Gasteiger partial charge in [0.15, 0.2) is 0 Å². The van der Waals surface area contributed by atoms with Crippen LogP contribution in [0.4, 0.5) is 0 Å². The molecule has 2 rings (SSSR count). The van der Waals surface area contributed by atoms with Gasteiger partial charge in [-0.05, 0) is 56.0 Å². The fourth-order valence-electron chi connectivity index (χ4n) is 2.54. The Balaban J connectivity index is 2.27. The molecule has 0 aromatic heterocycles. The highest BCUT2D eigenvalue weighted by atomic mass is 32.2. The van der Waals surface area contributed by atoms with Crippen molar-refractivity contribution in [3.63, 3.8) is 0 Å². The van der Waals surface area contributed by atoms with E-state index >= 15 is 0 Å². The Morgan fingerprint density at radius 3 is 2.19 bits per heavy atom. The van der Waals surface area contributed by atoms with Crippen molar-refractivity contribution >= 4 is 22.5 Å². The van der Waals surface area contributed by atoms with Crippen molar-refractivity contribution in [2.24, 2.45) is 0 Å². The van der Waals surface area contributed by atoms with E-state index in [9.17, 15) is 9.00 Å². The molecule has 0 aliphatic rings. The van der Waals surface area contributed by atoms with Gasteiger partial charge in [-0.25, -0.2) is 13.7 Å². The van der Waals surface area contributed by atoms with Crippen molar-refractivity contribution in [3.05, 3.63) is 77.9 Å². The molecular weight excluding hydrogens is 358 g/mol. The largest absolute Gasteiger partial charge is 0.465 e. The van der Waals surface area contributed by atoms with E-state index in [-0.39, 0.29) is 12.0 Å². The number of carbonyl (C=O) groups excluding carboxylic acids is 1. The van der Waals surface area contributed by atoms with Crippen molar-refractivity contribution in [3.8, 4) is 0 Å². The topological polar surface area (TPSA) is 55.4 Å². The van der Waals surface area contributed by atoms with Crippen LogP contribution in [0.5, 0.6) is 0 Å². The maximum Gasteiger partial charge on any atom is 0.337 e. The van der Waals surface area contributed by atoms with Gasteiger partial charge < -0.3 is 4.74 Å². The third-order valence-corrected chi connectivity index (χ3v) is 5.78. The van der Waals surface area contributed by atoms with E-state index in [0.29, 0.717) is 12.0 Å². The van der Waals surface area contributed by atoms with Crippen LogP contribution in [-0.4, -0.2) is 22.0 Å². The van der Waals surface area contributed by atoms with Crippen LogP contribution < -0.4 is 4.72 Å². The molecule has 0 fully saturated rings. The molecule has 5 heteroatoms. The molecule has 1 N–H and O–H groups in total. The molecule has 1 unspecified atom stereocenters. The van der Waals surface area contributed by atoms with Gasteiger partial charge in [0, 0.05) is 6.04 Å². The lowest BCUT2D eigenvalue weighted by Gasteiger charge is -2.25. The van der Waals surface area contributed by atoms with Crippen molar-refractivity contribution < 1.29 is 13.7 Å². The molecule has 144 valence electrons. The predicted molar refractivity (Wildman–Crippen MR) is 112 cm³/mol. The number of hydrogen-bond acceptors (Lipinski definition) is 3. The van der Waals surface area contributed by atoms with E-state index in [4.69, 9.17) is 4.74 Å². The van der Waals surface area contributed by atoms with Gasteiger partial charge in [0.2, 0.25) is 0 Å². The van der Waals surface area contributed by atoms with Gasteiger partial charge in [0.25, 0.3) is 0 Å². The van der Waals surface area contributed by atoms with Gasteiger partial charge in [-0.15, -0.1) is 0 Å². The fourth-order valence-corrected chi connectivity index (χ4v) is 3.37. The fraction of sp³-hybridized carbons (Fsp3) is 0.318. The molecule has 0 aliphatic carbocycles. The Hall–Kier alpha value is -2.24. The summed E-state index contributed by atoms with van der Waals surface area (Å²) in [5, 5.41) is 0. The van der Waals surface area contributed by atoms with Crippen molar-refractivity contribution in [1.29, 1.82) is 0 Å². The summed E-state index contributed by atoms with van der Waals surface area (Å²) in [6.07, 6.45) is 0.601. The van der Waals surface area contributed by atoms with Crippen LogP contribution in [0.25, 0.3) is 5.57 Å². The maximum absolute atomic E-state index is 12.7. The van der Waals surface area contributed by atoms with Gasteiger partial charge in [0.1, 0.15) is 0 Å². The molecule has 4 nitrogen and oxygen atoms in total. The number of benzene rings is 2. The van der Waals surface area contributed by atoms with E-state index in [0.717, 1.165) is 16.7 Å². The molecule has 2 aromatic carbocycles. The average Bonchev–Trinajstić information content (AvgIpc) is 2.66. The third kappa shape index (κ3) is 5.88. The van der Waals surface area contributed by atoms with Crippen molar-refractivity contribution in [2.75, 3.05) is 7.11 Å². The molecule has 27 heavy (non-hydrogen) atoms. The summed E-state index contributed by atoms with van der Waals surface area (Å²) in [6.45, 7) is 10.00. The lowest BCUT2D eigenvalue weighted by Crippen LogP contribution is -2.35. The highest BCUT2D eigenvalue weighted by Crippen LogP contribution is 2.28. The van der Waals surface area contributed by atoms with E-state index in [1.54, 1.807) is 12.1 Å². The zero-order valence-electron chi connectivity index (χ0n) is 16.3. The zero-order valence-corrected chi connectivity index (χ0v) is 17.1. The van der Waals surface area contributed by atoms with Crippen LogP contribution in [0.15, 0.2) is 61.2 Å². The molecule has 0 aliphatic heterocycles. The van der Waals surface area contributed by atoms with Crippen LogP contribution in [0, 0.1) is 0 Å².